The number of hydrogen-bond acceptors (Lipinski definition) is 9. The van der Waals surface area contributed by atoms with Crippen LogP contribution in [0.5, 0.6) is 0 Å². The lowest BCUT2D eigenvalue weighted by molar-refractivity contribution is -0.145. The van der Waals surface area contributed by atoms with E-state index in [0.717, 1.165) is 20.7 Å². The molecule has 0 bridgehead atoms. The van der Waals surface area contributed by atoms with Crippen LogP contribution in [-0.4, -0.2) is 24.9 Å². The molecule has 35 heavy (non-hydrogen) atoms. The second-order valence-corrected chi connectivity index (χ2v) is 10.6. The molecule has 0 atom stereocenters. The van der Waals surface area contributed by atoms with Crippen LogP contribution in [0.3, 0.4) is 0 Å². The van der Waals surface area contributed by atoms with Gasteiger partial charge >= 0.3 is 5.97 Å². The van der Waals surface area contributed by atoms with Crippen molar-refractivity contribution in [3.8, 4) is 10.4 Å². The van der Waals surface area contributed by atoms with E-state index in [-0.39, 0.29) is 24.3 Å². The maximum atomic E-state index is 13.3. The van der Waals surface area contributed by atoms with Gasteiger partial charge in [-0.15, -0.1) is 22.7 Å². The fraction of sp³-hybridized carbons (Fsp3) is 0.125. The number of thiophene rings is 2. The van der Waals surface area contributed by atoms with Gasteiger partial charge in [-0.3, -0.25) is 23.4 Å². The van der Waals surface area contributed by atoms with Crippen LogP contribution in [0.15, 0.2) is 62.8 Å². The number of carbonyl (C=O) groups excluding carboxylic acids is 1. The average molecular weight is 521 g/mol. The Bertz CT molecular complexity index is 1860. The van der Waals surface area contributed by atoms with Crippen molar-refractivity contribution in [1.82, 2.24) is 18.9 Å². The van der Waals surface area contributed by atoms with Gasteiger partial charge in [-0.05, 0) is 30.5 Å². The zero-order valence-corrected chi connectivity index (χ0v) is 20.7. The summed E-state index contributed by atoms with van der Waals surface area (Å²) in [5, 5.41) is 4.37. The zero-order chi connectivity index (χ0) is 24.1. The molecule has 11 heteroatoms. The molecule has 1 aromatic carbocycles. The molecule has 8 nitrogen and oxygen atoms in total. The first kappa shape index (κ1) is 21.8. The van der Waals surface area contributed by atoms with Gasteiger partial charge in [0.15, 0.2) is 4.96 Å². The van der Waals surface area contributed by atoms with Crippen LogP contribution < -0.4 is 11.1 Å². The third kappa shape index (κ3) is 3.77. The topological polar surface area (TPSA) is 95.6 Å². The molecular formula is C24H16N4O4S3. The highest BCUT2D eigenvalue weighted by Gasteiger charge is 2.18. The van der Waals surface area contributed by atoms with Gasteiger partial charge in [-0.1, -0.05) is 29.5 Å². The lowest BCUT2D eigenvalue weighted by Gasteiger charge is -2.10. The number of benzene rings is 1. The average Bonchev–Trinajstić information content (AvgIpc) is 3.58. The molecule has 0 amide bonds. The highest BCUT2D eigenvalue weighted by atomic mass is 32.1. The van der Waals surface area contributed by atoms with Gasteiger partial charge in [-0.25, -0.2) is 9.97 Å². The Morgan fingerprint density at radius 2 is 1.94 bits per heavy atom. The molecule has 0 spiro atoms. The predicted octanol–water partition coefficient (Wildman–Crippen LogP) is 4.46. The molecule has 0 fully saturated rings. The van der Waals surface area contributed by atoms with Gasteiger partial charge in [0, 0.05) is 21.9 Å². The monoisotopic (exact) mass is 520 g/mol. The van der Waals surface area contributed by atoms with E-state index in [1.165, 1.54) is 33.3 Å². The Hall–Kier alpha value is -3.67. The van der Waals surface area contributed by atoms with Crippen molar-refractivity contribution in [3.63, 3.8) is 0 Å². The number of ether oxygens (including phenoxy) is 1. The van der Waals surface area contributed by atoms with Crippen LogP contribution in [0.2, 0.25) is 0 Å². The molecule has 0 unspecified atom stereocenters. The van der Waals surface area contributed by atoms with E-state index in [9.17, 15) is 14.4 Å². The van der Waals surface area contributed by atoms with Crippen LogP contribution >= 0.6 is 34.0 Å². The predicted molar refractivity (Wildman–Crippen MR) is 139 cm³/mol. The Labute approximate surface area is 209 Å². The Balaban J connectivity index is 1.26. The normalized spacial score (nSPS) is 11.6. The maximum Gasteiger partial charge on any atom is 0.326 e. The van der Waals surface area contributed by atoms with E-state index >= 15 is 0 Å². The lowest BCUT2D eigenvalue weighted by atomic mass is 10.2. The second-order valence-electron chi connectivity index (χ2n) is 7.79. The summed E-state index contributed by atoms with van der Waals surface area (Å²) in [6.07, 6.45) is 0. The first-order chi connectivity index (χ1) is 17.0. The Kier molecular flexibility index (Phi) is 5.32. The standard InChI is InChI=1S/C24H16N4O4S3/c1-13-25-22-21(15(12-34-22)17-7-4-8-33-17)23(31)27(13)10-20(30)32-11-14-9-19(29)28-16-5-2-3-6-18(16)35-24(28)26-14/h2-9,12H,10-11H2,1H3. The second kappa shape index (κ2) is 8.52. The van der Waals surface area contributed by atoms with Crippen molar-refractivity contribution >= 4 is 65.4 Å². The minimum atomic E-state index is -0.609. The fourth-order valence-corrected chi connectivity index (χ4v) is 6.80. The van der Waals surface area contributed by atoms with Crippen LogP contribution in [0.4, 0.5) is 0 Å². The minimum absolute atomic E-state index is 0.165. The van der Waals surface area contributed by atoms with Gasteiger partial charge in [0.2, 0.25) is 0 Å². The van der Waals surface area contributed by atoms with Crippen molar-refractivity contribution in [3.05, 3.63) is 85.5 Å². The largest absolute Gasteiger partial charge is 0.458 e. The van der Waals surface area contributed by atoms with Crippen LogP contribution in [0.1, 0.15) is 11.5 Å². The van der Waals surface area contributed by atoms with Gasteiger partial charge in [0.05, 0.1) is 21.3 Å². The molecule has 0 saturated carbocycles. The summed E-state index contributed by atoms with van der Waals surface area (Å²) in [5.74, 6) is -0.176. The summed E-state index contributed by atoms with van der Waals surface area (Å²) in [7, 11) is 0. The number of hydrogen-bond donors (Lipinski definition) is 0. The Morgan fingerprint density at radius 3 is 2.77 bits per heavy atom. The van der Waals surface area contributed by atoms with E-state index in [1.54, 1.807) is 22.7 Å². The SMILES string of the molecule is Cc1nc2scc(-c3cccs3)c2c(=O)n1CC(=O)OCc1cc(=O)n2c(n1)sc1ccccc12. The number of rotatable bonds is 5. The molecule has 5 heterocycles. The highest BCUT2D eigenvalue weighted by Crippen LogP contribution is 2.33. The van der Waals surface area contributed by atoms with Gasteiger partial charge in [0.25, 0.3) is 11.1 Å². The quantitative estimate of drug-likeness (QED) is 0.312. The van der Waals surface area contributed by atoms with E-state index in [0.29, 0.717) is 26.7 Å². The summed E-state index contributed by atoms with van der Waals surface area (Å²) in [6, 6.07) is 12.8. The molecule has 6 rings (SSSR count). The molecular weight excluding hydrogens is 504 g/mol. The Morgan fingerprint density at radius 1 is 1.09 bits per heavy atom. The van der Waals surface area contributed by atoms with Crippen LogP contribution in [0, 0.1) is 6.92 Å². The first-order valence-corrected chi connectivity index (χ1v) is 13.2. The van der Waals surface area contributed by atoms with E-state index in [4.69, 9.17) is 4.74 Å². The number of aryl methyl sites for hydroxylation is 1. The summed E-state index contributed by atoms with van der Waals surface area (Å²) >= 11 is 4.34. The third-order valence-corrected chi connectivity index (χ3v) is 8.38. The molecule has 5 aromatic heterocycles. The van der Waals surface area contributed by atoms with E-state index in [1.807, 2.05) is 47.2 Å². The van der Waals surface area contributed by atoms with Gasteiger partial charge in [-0.2, -0.15) is 0 Å². The zero-order valence-electron chi connectivity index (χ0n) is 18.3. The summed E-state index contributed by atoms with van der Waals surface area (Å²) in [4.78, 5) is 49.8. The van der Waals surface area contributed by atoms with Crippen molar-refractivity contribution in [2.75, 3.05) is 0 Å². The number of fused-ring (bicyclic) bond motifs is 4. The van der Waals surface area contributed by atoms with Crippen molar-refractivity contribution < 1.29 is 9.53 Å². The number of thiazole rings is 1. The third-order valence-electron chi connectivity index (χ3n) is 5.59. The number of carbonyl (C=O) groups is 1. The van der Waals surface area contributed by atoms with Gasteiger partial charge in [0.1, 0.15) is 23.8 Å². The first-order valence-electron chi connectivity index (χ1n) is 10.6. The molecule has 0 aliphatic rings. The summed E-state index contributed by atoms with van der Waals surface area (Å²) in [5.41, 5.74) is 1.45. The van der Waals surface area contributed by atoms with Crippen molar-refractivity contribution in [2.45, 2.75) is 20.1 Å². The molecule has 0 saturated heterocycles. The molecule has 174 valence electrons. The molecule has 0 aliphatic heterocycles. The number of aromatic nitrogens is 4. The minimum Gasteiger partial charge on any atom is -0.458 e. The van der Waals surface area contributed by atoms with Crippen LogP contribution in [-0.2, 0) is 22.7 Å². The molecule has 6 aromatic rings. The molecule has 0 radical (unpaired) electrons. The number of nitrogens with zero attached hydrogens (tertiary/aromatic N) is 4. The number of esters is 1. The lowest BCUT2D eigenvalue weighted by Crippen LogP contribution is -2.28. The van der Waals surface area contributed by atoms with Crippen molar-refractivity contribution in [2.24, 2.45) is 0 Å². The molecule has 0 aliphatic carbocycles. The smallest absolute Gasteiger partial charge is 0.326 e. The fourth-order valence-electron chi connectivity index (χ4n) is 3.95. The summed E-state index contributed by atoms with van der Waals surface area (Å²) < 4.78 is 9.20. The maximum absolute atomic E-state index is 13.3. The number of para-hydroxylation sites is 1. The van der Waals surface area contributed by atoms with E-state index in [2.05, 4.69) is 9.97 Å². The molecule has 0 N–H and O–H groups in total. The van der Waals surface area contributed by atoms with E-state index < -0.39 is 5.97 Å². The van der Waals surface area contributed by atoms with Gasteiger partial charge < -0.3 is 4.74 Å². The van der Waals surface area contributed by atoms with Crippen LogP contribution in [0.25, 0.3) is 35.8 Å². The highest BCUT2D eigenvalue weighted by molar-refractivity contribution is 7.23. The van der Waals surface area contributed by atoms with Crippen molar-refractivity contribution in [1.29, 1.82) is 0 Å². The summed E-state index contributed by atoms with van der Waals surface area (Å²) in [6.45, 7) is 1.25.